The van der Waals surface area contributed by atoms with Crippen molar-refractivity contribution in [2.75, 3.05) is 12.4 Å². The van der Waals surface area contributed by atoms with E-state index in [1.54, 1.807) is 18.0 Å². The van der Waals surface area contributed by atoms with Gasteiger partial charge >= 0.3 is 0 Å². The summed E-state index contributed by atoms with van der Waals surface area (Å²) in [7, 11) is 0. The summed E-state index contributed by atoms with van der Waals surface area (Å²) in [4.78, 5) is 0. The SMILES string of the molecule is C=CCn1c(SCCCOc2ccc(C)c(C)c2)nnc1-c1ccoc1C. The number of nitrogens with zero attached hydrogens (tertiary/aromatic N) is 3. The van der Waals surface area contributed by atoms with Gasteiger partial charge in [-0.2, -0.15) is 0 Å². The first-order chi connectivity index (χ1) is 13.1. The van der Waals surface area contributed by atoms with Crippen molar-refractivity contribution in [3.8, 4) is 17.1 Å². The van der Waals surface area contributed by atoms with Crippen molar-refractivity contribution in [2.24, 2.45) is 0 Å². The number of hydrogen-bond acceptors (Lipinski definition) is 5. The van der Waals surface area contributed by atoms with Gasteiger partial charge in [-0.3, -0.25) is 4.57 Å². The molecule has 0 saturated heterocycles. The Balaban J connectivity index is 1.56. The molecule has 0 radical (unpaired) electrons. The Kier molecular flexibility index (Phi) is 6.40. The molecule has 3 aromatic rings. The molecule has 0 saturated carbocycles. The molecule has 0 amide bonds. The third kappa shape index (κ3) is 4.63. The average Bonchev–Trinajstić information content (AvgIpc) is 3.24. The number of aryl methyl sites for hydroxylation is 3. The van der Waals surface area contributed by atoms with Gasteiger partial charge < -0.3 is 9.15 Å². The Bertz CT molecular complexity index is 914. The molecule has 142 valence electrons. The summed E-state index contributed by atoms with van der Waals surface area (Å²) in [6, 6.07) is 8.12. The van der Waals surface area contributed by atoms with Gasteiger partial charge in [-0.05, 0) is 56.5 Å². The fraction of sp³-hybridized carbons (Fsp3) is 0.333. The molecule has 5 nitrogen and oxygen atoms in total. The first-order valence-electron chi connectivity index (χ1n) is 9.01. The van der Waals surface area contributed by atoms with Crippen LogP contribution in [0.3, 0.4) is 0 Å². The first kappa shape index (κ1) is 19.3. The molecule has 27 heavy (non-hydrogen) atoms. The quantitative estimate of drug-likeness (QED) is 0.288. The van der Waals surface area contributed by atoms with Crippen LogP contribution in [0.4, 0.5) is 0 Å². The fourth-order valence-corrected chi connectivity index (χ4v) is 3.58. The van der Waals surface area contributed by atoms with Crippen molar-refractivity contribution >= 4 is 11.8 Å². The minimum atomic E-state index is 0.661. The van der Waals surface area contributed by atoms with Crippen LogP contribution < -0.4 is 4.74 Å². The Morgan fingerprint density at radius 3 is 2.74 bits per heavy atom. The first-order valence-corrected chi connectivity index (χ1v) is 10.00. The zero-order valence-electron chi connectivity index (χ0n) is 16.1. The molecule has 1 aromatic carbocycles. The minimum Gasteiger partial charge on any atom is -0.494 e. The molecular formula is C21H25N3O2S. The second kappa shape index (κ2) is 8.95. The topological polar surface area (TPSA) is 53.1 Å². The van der Waals surface area contributed by atoms with E-state index in [9.17, 15) is 0 Å². The van der Waals surface area contributed by atoms with E-state index in [1.165, 1.54) is 11.1 Å². The molecule has 2 aromatic heterocycles. The van der Waals surface area contributed by atoms with Crippen LogP contribution in [-0.4, -0.2) is 27.1 Å². The predicted octanol–water partition coefficient (Wildman–Crippen LogP) is 5.21. The maximum absolute atomic E-state index is 5.85. The molecule has 0 unspecified atom stereocenters. The molecular weight excluding hydrogens is 358 g/mol. The van der Waals surface area contributed by atoms with E-state index >= 15 is 0 Å². The number of benzene rings is 1. The van der Waals surface area contributed by atoms with Gasteiger partial charge in [0.2, 0.25) is 0 Å². The zero-order chi connectivity index (χ0) is 19.2. The lowest BCUT2D eigenvalue weighted by Crippen LogP contribution is -2.02. The third-order valence-corrected chi connectivity index (χ3v) is 5.45. The second-order valence-electron chi connectivity index (χ2n) is 6.39. The summed E-state index contributed by atoms with van der Waals surface area (Å²) in [5.41, 5.74) is 3.50. The molecule has 0 fully saturated rings. The number of rotatable bonds is 9. The molecule has 2 heterocycles. The lowest BCUT2D eigenvalue weighted by atomic mass is 10.1. The van der Waals surface area contributed by atoms with Crippen LogP contribution in [0.5, 0.6) is 5.75 Å². The molecule has 0 aliphatic heterocycles. The summed E-state index contributed by atoms with van der Waals surface area (Å²) >= 11 is 1.68. The number of thioether (sulfide) groups is 1. The zero-order valence-corrected chi connectivity index (χ0v) is 16.9. The number of hydrogen-bond donors (Lipinski definition) is 0. The molecule has 0 N–H and O–H groups in total. The Hall–Kier alpha value is -2.47. The van der Waals surface area contributed by atoms with Crippen LogP contribution in [0, 0.1) is 20.8 Å². The van der Waals surface area contributed by atoms with Gasteiger partial charge in [0.25, 0.3) is 0 Å². The highest BCUT2D eigenvalue weighted by Gasteiger charge is 2.16. The second-order valence-corrected chi connectivity index (χ2v) is 7.45. The van der Waals surface area contributed by atoms with E-state index in [2.05, 4.69) is 47.3 Å². The van der Waals surface area contributed by atoms with Gasteiger partial charge in [-0.1, -0.05) is 23.9 Å². The van der Waals surface area contributed by atoms with Gasteiger partial charge in [0.1, 0.15) is 11.5 Å². The number of furan rings is 1. The Morgan fingerprint density at radius 1 is 1.19 bits per heavy atom. The standard InChI is InChI=1S/C21H25N3O2S/c1-5-10-24-20(19-9-12-25-17(19)4)22-23-21(24)27-13-6-11-26-18-8-7-15(2)16(3)14-18/h5,7-9,12,14H,1,6,10-11,13H2,2-4H3. The summed E-state index contributed by atoms with van der Waals surface area (Å²) in [5.74, 6) is 3.49. The molecule has 0 bridgehead atoms. The summed E-state index contributed by atoms with van der Waals surface area (Å²) in [6.45, 7) is 11.3. The molecule has 0 spiro atoms. The van der Waals surface area contributed by atoms with Gasteiger partial charge in [-0.25, -0.2) is 0 Å². The van der Waals surface area contributed by atoms with Gasteiger partial charge in [0.05, 0.1) is 18.4 Å². The van der Waals surface area contributed by atoms with Crippen molar-refractivity contribution in [3.63, 3.8) is 0 Å². The Labute approximate surface area is 164 Å². The van der Waals surface area contributed by atoms with Crippen LogP contribution >= 0.6 is 11.8 Å². The van der Waals surface area contributed by atoms with Crippen LogP contribution in [0.15, 0.2) is 52.8 Å². The maximum atomic E-state index is 5.85. The number of allylic oxidation sites excluding steroid dienone is 1. The van der Waals surface area contributed by atoms with E-state index in [1.807, 2.05) is 25.1 Å². The van der Waals surface area contributed by atoms with Gasteiger partial charge in [-0.15, -0.1) is 16.8 Å². The van der Waals surface area contributed by atoms with Crippen molar-refractivity contribution in [3.05, 3.63) is 60.1 Å². The normalized spacial score (nSPS) is 10.9. The lowest BCUT2D eigenvalue weighted by molar-refractivity contribution is 0.318. The molecule has 3 rings (SSSR count). The van der Waals surface area contributed by atoms with Crippen molar-refractivity contribution in [1.29, 1.82) is 0 Å². The highest BCUT2D eigenvalue weighted by atomic mass is 32.2. The Morgan fingerprint density at radius 2 is 2.04 bits per heavy atom. The monoisotopic (exact) mass is 383 g/mol. The molecule has 0 aliphatic carbocycles. The third-order valence-electron chi connectivity index (χ3n) is 4.40. The number of aromatic nitrogens is 3. The summed E-state index contributed by atoms with van der Waals surface area (Å²) in [6.07, 6.45) is 4.46. The van der Waals surface area contributed by atoms with Gasteiger partial charge in [0.15, 0.2) is 11.0 Å². The van der Waals surface area contributed by atoms with Crippen molar-refractivity contribution in [1.82, 2.24) is 14.8 Å². The fourth-order valence-electron chi connectivity index (χ4n) is 2.72. The highest BCUT2D eigenvalue weighted by Crippen LogP contribution is 2.27. The summed E-state index contributed by atoms with van der Waals surface area (Å²) in [5, 5.41) is 9.60. The predicted molar refractivity (Wildman–Crippen MR) is 109 cm³/mol. The largest absolute Gasteiger partial charge is 0.494 e. The van der Waals surface area contributed by atoms with Crippen LogP contribution in [0.25, 0.3) is 11.4 Å². The smallest absolute Gasteiger partial charge is 0.191 e. The van der Waals surface area contributed by atoms with Crippen LogP contribution in [0.2, 0.25) is 0 Å². The van der Waals surface area contributed by atoms with E-state index in [0.717, 1.165) is 40.2 Å². The van der Waals surface area contributed by atoms with Crippen LogP contribution in [-0.2, 0) is 6.54 Å². The maximum Gasteiger partial charge on any atom is 0.191 e. The highest BCUT2D eigenvalue weighted by molar-refractivity contribution is 7.99. The van der Waals surface area contributed by atoms with E-state index in [-0.39, 0.29) is 0 Å². The summed E-state index contributed by atoms with van der Waals surface area (Å²) < 4.78 is 13.3. The lowest BCUT2D eigenvalue weighted by Gasteiger charge is -2.09. The van der Waals surface area contributed by atoms with Crippen LogP contribution in [0.1, 0.15) is 23.3 Å². The molecule has 0 aliphatic rings. The number of ether oxygens (including phenoxy) is 1. The van der Waals surface area contributed by atoms with Gasteiger partial charge in [0, 0.05) is 12.3 Å². The van der Waals surface area contributed by atoms with Crippen molar-refractivity contribution < 1.29 is 9.15 Å². The van der Waals surface area contributed by atoms with E-state index in [0.29, 0.717) is 13.2 Å². The average molecular weight is 384 g/mol. The molecule has 0 atom stereocenters. The van der Waals surface area contributed by atoms with Crippen molar-refractivity contribution in [2.45, 2.75) is 38.9 Å². The molecule has 6 heteroatoms. The van der Waals surface area contributed by atoms with E-state index < -0.39 is 0 Å². The minimum absolute atomic E-state index is 0.661. The van der Waals surface area contributed by atoms with E-state index in [4.69, 9.17) is 9.15 Å².